The minimum atomic E-state index is -0.651. The second-order valence-corrected chi connectivity index (χ2v) is 19.0. The van der Waals surface area contributed by atoms with E-state index in [1.54, 1.807) is 0 Å². The van der Waals surface area contributed by atoms with Crippen LogP contribution in [0.4, 0.5) is 0 Å². The average Bonchev–Trinajstić information content (AvgIpc) is 3.23. The molecule has 2 atom stereocenters. The fourth-order valence-electron chi connectivity index (χ4n) is 8.95. The van der Waals surface area contributed by atoms with Gasteiger partial charge in [-0.15, -0.1) is 0 Å². The van der Waals surface area contributed by atoms with Gasteiger partial charge in [0.05, 0.1) is 18.8 Å². The quantitative estimate of drug-likeness (QED) is 0.0536. The summed E-state index contributed by atoms with van der Waals surface area (Å²) in [5.74, 6) is -0.0285. The summed E-state index contributed by atoms with van der Waals surface area (Å²) in [5.41, 5.74) is 0. The van der Waals surface area contributed by atoms with Crippen molar-refractivity contribution >= 4 is 5.91 Å². The molecular formula is C54H109NO3. The van der Waals surface area contributed by atoms with Crippen molar-refractivity contribution in [2.45, 2.75) is 334 Å². The van der Waals surface area contributed by atoms with Crippen LogP contribution in [0.5, 0.6) is 0 Å². The van der Waals surface area contributed by atoms with Gasteiger partial charge in [0.15, 0.2) is 0 Å². The first-order valence-electron chi connectivity index (χ1n) is 27.2. The first kappa shape index (κ1) is 57.4. The maximum Gasteiger partial charge on any atom is 0.220 e. The van der Waals surface area contributed by atoms with Crippen LogP contribution in [0.25, 0.3) is 0 Å². The molecule has 0 saturated heterocycles. The highest BCUT2D eigenvalue weighted by atomic mass is 16.3. The number of carbonyl (C=O) groups excluding carboxylic acids is 1. The Morgan fingerprint density at radius 1 is 0.345 bits per heavy atom. The minimum Gasteiger partial charge on any atom is -0.394 e. The third-order valence-electron chi connectivity index (χ3n) is 13.1. The molecule has 1 amide bonds. The normalized spacial score (nSPS) is 12.7. The van der Waals surface area contributed by atoms with E-state index in [2.05, 4.69) is 19.2 Å². The van der Waals surface area contributed by atoms with Gasteiger partial charge in [0, 0.05) is 6.42 Å². The van der Waals surface area contributed by atoms with E-state index in [-0.39, 0.29) is 12.5 Å². The van der Waals surface area contributed by atoms with Crippen LogP contribution < -0.4 is 5.32 Å². The molecule has 4 heteroatoms. The van der Waals surface area contributed by atoms with Crippen LogP contribution in [0, 0.1) is 0 Å². The summed E-state index contributed by atoms with van der Waals surface area (Å²) in [6.07, 6.45) is 64.2. The topological polar surface area (TPSA) is 69.6 Å². The maximum absolute atomic E-state index is 12.4. The van der Waals surface area contributed by atoms with Crippen molar-refractivity contribution in [1.29, 1.82) is 0 Å². The molecule has 0 radical (unpaired) electrons. The SMILES string of the molecule is CCCCCCCCCCCCCCCCCCCCCCCCCCCCCCCCCCCCCCCCCC(=O)NC(CO)C(O)CCCCCCCCC. The predicted octanol–water partition coefficient (Wildman–Crippen LogP) is 17.6. The highest BCUT2D eigenvalue weighted by Gasteiger charge is 2.20. The number of hydrogen-bond acceptors (Lipinski definition) is 3. The van der Waals surface area contributed by atoms with Crippen molar-refractivity contribution in [3.05, 3.63) is 0 Å². The van der Waals surface area contributed by atoms with E-state index in [0.29, 0.717) is 12.8 Å². The third kappa shape index (κ3) is 46.5. The maximum atomic E-state index is 12.4. The Hall–Kier alpha value is -0.610. The second kappa shape index (κ2) is 50.7. The zero-order chi connectivity index (χ0) is 42.1. The lowest BCUT2D eigenvalue weighted by molar-refractivity contribution is -0.123. The summed E-state index contributed by atoms with van der Waals surface area (Å²) in [4.78, 5) is 12.4. The largest absolute Gasteiger partial charge is 0.394 e. The molecule has 348 valence electrons. The van der Waals surface area contributed by atoms with E-state index < -0.39 is 12.1 Å². The summed E-state index contributed by atoms with van der Waals surface area (Å²) >= 11 is 0. The molecule has 0 heterocycles. The van der Waals surface area contributed by atoms with E-state index in [0.717, 1.165) is 25.7 Å². The molecule has 0 aromatic rings. The Kier molecular flexibility index (Phi) is 50.2. The van der Waals surface area contributed by atoms with Gasteiger partial charge in [-0.05, 0) is 12.8 Å². The summed E-state index contributed by atoms with van der Waals surface area (Å²) in [7, 11) is 0. The zero-order valence-electron chi connectivity index (χ0n) is 40.1. The van der Waals surface area contributed by atoms with Crippen molar-refractivity contribution in [2.24, 2.45) is 0 Å². The Morgan fingerprint density at radius 2 is 0.552 bits per heavy atom. The van der Waals surface area contributed by atoms with E-state index in [1.165, 1.54) is 270 Å². The highest BCUT2D eigenvalue weighted by molar-refractivity contribution is 5.76. The Labute approximate surface area is 365 Å². The average molecular weight is 820 g/mol. The number of amides is 1. The van der Waals surface area contributed by atoms with Gasteiger partial charge in [0.1, 0.15) is 0 Å². The van der Waals surface area contributed by atoms with Gasteiger partial charge in [0.25, 0.3) is 0 Å². The van der Waals surface area contributed by atoms with Crippen molar-refractivity contribution in [1.82, 2.24) is 5.32 Å². The van der Waals surface area contributed by atoms with Crippen LogP contribution in [0.2, 0.25) is 0 Å². The van der Waals surface area contributed by atoms with Crippen LogP contribution >= 0.6 is 0 Å². The molecule has 0 bridgehead atoms. The smallest absolute Gasteiger partial charge is 0.220 e. The predicted molar refractivity (Wildman–Crippen MR) is 258 cm³/mol. The number of aliphatic hydroxyl groups excluding tert-OH is 2. The molecule has 4 nitrogen and oxygen atoms in total. The molecule has 0 aliphatic rings. The van der Waals surface area contributed by atoms with Gasteiger partial charge in [-0.1, -0.05) is 303 Å². The van der Waals surface area contributed by atoms with Crippen molar-refractivity contribution < 1.29 is 15.0 Å². The van der Waals surface area contributed by atoms with Crippen LogP contribution in [0.3, 0.4) is 0 Å². The van der Waals surface area contributed by atoms with Gasteiger partial charge in [-0.25, -0.2) is 0 Å². The van der Waals surface area contributed by atoms with E-state index >= 15 is 0 Å². The van der Waals surface area contributed by atoms with Crippen LogP contribution in [-0.4, -0.2) is 34.9 Å². The van der Waals surface area contributed by atoms with Crippen molar-refractivity contribution in [2.75, 3.05) is 6.61 Å². The number of carbonyl (C=O) groups is 1. The molecule has 0 fully saturated rings. The van der Waals surface area contributed by atoms with Crippen LogP contribution in [0.1, 0.15) is 322 Å². The Morgan fingerprint density at radius 3 is 0.776 bits per heavy atom. The molecule has 2 unspecified atom stereocenters. The molecule has 0 aliphatic heterocycles. The van der Waals surface area contributed by atoms with Gasteiger partial charge < -0.3 is 15.5 Å². The number of hydrogen-bond donors (Lipinski definition) is 3. The molecule has 0 spiro atoms. The van der Waals surface area contributed by atoms with Gasteiger partial charge in [-0.3, -0.25) is 4.79 Å². The van der Waals surface area contributed by atoms with Gasteiger partial charge in [-0.2, -0.15) is 0 Å². The van der Waals surface area contributed by atoms with Crippen molar-refractivity contribution in [3.63, 3.8) is 0 Å². The lowest BCUT2D eigenvalue weighted by Gasteiger charge is -2.22. The number of rotatable bonds is 51. The number of nitrogens with one attached hydrogen (secondary N) is 1. The second-order valence-electron chi connectivity index (χ2n) is 19.0. The Balaban J connectivity index is 3.25. The molecular weight excluding hydrogens is 711 g/mol. The molecule has 3 N–H and O–H groups in total. The molecule has 58 heavy (non-hydrogen) atoms. The summed E-state index contributed by atoms with van der Waals surface area (Å²) < 4.78 is 0. The van der Waals surface area contributed by atoms with Crippen LogP contribution in [0.15, 0.2) is 0 Å². The van der Waals surface area contributed by atoms with E-state index in [1.807, 2.05) is 0 Å². The van der Waals surface area contributed by atoms with Gasteiger partial charge in [0.2, 0.25) is 5.91 Å². The lowest BCUT2D eigenvalue weighted by Crippen LogP contribution is -2.45. The third-order valence-corrected chi connectivity index (χ3v) is 13.1. The standard InChI is InChI=1S/C54H109NO3/c1-3-5-7-9-11-12-13-14-15-16-17-18-19-20-21-22-23-24-25-26-27-28-29-30-31-32-33-34-35-36-37-38-39-40-41-42-44-46-48-50-54(58)55-52(51-56)53(57)49-47-45-43-10-8-6-4-2/h52-53,56-57H,3-51H2,1-2H3,(H,55,58). The summed E-state index contributed by atoms with van der Waals surface area (Å²) in [6, 6.07) is -0.528. The van der Waals surface area contributed by atoms with Crippen LogP contribution in [-0.2, 0) is 4.79 Å². The molecule has 0 rings (SSSR count). The number of unbranched alkanes of at least 4 members (excludes halogenated alkanes) is 44. The zero-order valence-corrected chi connectivity index (χ0v) is 40.1. The minimum absolute atomic E-state index is 0.0285. The summed E-state index contributed by atoms with van der Waals surface area (Å²) in [6.45, 7) is 4.34. The molecule has 0 saturated carbocycles. The monoisotopic (exact) mass is 820 g/mol. The lowest BCUT2D eigenvalue weighted by atomic mass is 10.0. The first-order chi connectivity index (χ1) is 28.7. The molecule has 0 aliphatic carbocycles. The van der Waals surface area contributed by atoms with Crippen molar-refractivity contribution in [3.8, 4) is 0 Å². The fraction of sp³-hybridized carbons (Fsp3) is 0.981. The number of aliphatic hydroxyl groups is 2. The molecule has 0 aromatic heterocycles. The highest BCUT2D eigenvalue weighted by Crippen LogP contribution is 2.18. The first-order valence-corrected chi connectivity index (χ1v) is 27.2. The van der Waals surface area contributed by atoms with E-state index in [4.69, 9.17) is 0 Å². The van der Waals surface area contributed by atoms with E-state index in [9.17, 15) is 15.0 Å². The van der Waals surface area contributed by atoms with Gasteiger partial charge >= 0.3 is 0 Å². The fourth-order valence-corrected chi connectivity index (χ4v) is 8.95. The molecule has 0 aromatic carbocycles. The Bertz CT molecular complexity index is 759. The summed E-state index contributed by atoms with van der Waals surface area (Å²) in [5, 5.41) is 23.0.